The number of carbonyl (C=O) groups is 1. The molecular formula is C17H21N3O7. The second kappa shape index (κ2) is 8.11. The summed E-state index contributed by atoms with van der Waals surface area (Å²) in [6, 6.07) is 9.53. The molecule has 1 aromatic carbocycles. The van der Waals surface area contributed by atoms with Crippen molar-refractivity contribution in [1.29, 1.82) is 0 Å². The van der Waals surface area contributed by atoms with Crippen molar-refractivity contribution < 1.29 is 34.7 Å². The quantitative estimate of drug-likeness (QED) is 0.460. The van der Waals surface area contributed by atoms with Crippen molar-refractivity contribution in [3.05, 3.63) is 47.3 Å². The molecule has 0 radical (unpaired) electrons. The lowest BCUT2D eigenvalue weighted by atomic mass is 9.99. The zero-order valence-electron chi connectivity index (χ0n) is 14.5. The van der Waals surface area contributed by atoms with Gasteiger partial charge in [0, 0.05) is 0 Å². The summed E-state index contributed by atoms with van der Waals surface area (Å²) in [7, 11) is 0. The fraction of sp³-hybridized carbons (Fsp3) is 0.471. The summed E-state index contributed by atoms with van der Waals surface area (Å²) >= 11 is 0. The molecule has 5 atom stereocenters. The third-order valence-electron chi connectivity index (χ3n) is 4.42. The van der Waals surface area contributed by atoms with Crippen LogP contribution in [0.25, 0.3) is 0 Å². The predicted octanol–water partition coefficient (Wildman–Crippen LogP) is -1.41. The van der Waals surface area contributed by atoms with E-state index in [4.69, 9.17) is 9.47 Å². The Bertz CT molecular complexity index is 782. The van der Waals surface area contributed by atoms with Crippen LogP contribution in [0.5, 0.6) is 0 Å². The standard InChI is InChI=1S/C17H21N3O7/c1-9-12(18-19-20(9)7-10-5-3-2-4-6-10)16(24)26-8-11-13(21)14(22)15(23)17(25)27-11/h2-6,11,13-15,17,21-23,25H,7-8H2,1H3/t11-,13+,14+,15-,17?/m0/s1. The highest BCUT2D eigenvalue weighted by atomic mass is 16.6. The van der Waals surface area contributed by atoms with Gasteiger partial charge in [-0.2, -0.15) is 0 Å². The molecule has 10 heteroatoms. The van der Waals surface area contributed by atoms with Gasteiger partial charge >= 0.3 is 5.97 Å². The highest BCUT2D eigenvalue weighted by Crippen LogP contribution is 2.20. The summed E-state index contributed by atoms with van der Waals surface area (Å²) < 4.78 is 11.6. The van der Waals surface area contributed by atoms with Crippen molar-refractivity contribution in [3.63, 3.8) is 0 Å². The largest absolute Gasteiger partial charge is 0.458 e. The zero-order chi connectivity index (χ0) is 19.6. The van der Waals surface area contributed by atoms with Crippen LogP contribution in [0.4, 0.5) is 0 Å². The van der Waals surface area contributed by atoms with Crippen LogP contribution in [0.15, 0.2) is 30.3 Å². The molecule has 1 aliphatic rings. The Morgan fingerprint density at radius 3 is 2.56 bits per heavy atom. The van der Waals surface area contributed by atoms with Crippen molar-refractivity contribution >= 4 is 5.97 Å². The van der Waals surface area contributed by atoms with Gasteiger partial charge in [-0.25, -0.2) is 9.48 Å². The van der Waals surface area contributed by atoms with E-state index < -0.39 is 43.3 Å². The van der Waals surface area contributed by atoms with E-state index in [1.807, 2.05) is 30.3 Å². The Kier molecular flexibility index (Phi) is 5.82. The zero-order valence-corrected chi connectivity index (χ0v) is 14.5. The molecule has 3 rings (SSSR count). The number of nitrogens with zero attached hydrogens (tertiary/aromatic N) is 3. The minimum atomic E-state index is -1.69. The smallest absolute Gasteiger partial charge is 0.360 e. The van der Waals surface area contributed by atoms with Gasteiger partial charge in [-0.05, 0) is 12.5 Å². The lowest BCUT2D eigenvalue weighted by Crippen LogP contribution is -2.58. The maximum Gasteiger partial charge on any atom is 0.360 e. The Morgan fingerprint density at radius 2 is 1.85 bits per heavy atom. The van der Waals surface area contributed by atoms with Gasteiger partial charge in [-0.15, -0.1) is 5.10 Å². The van der Waals surface area contributed by atoms with E-state index in [1.54, 1.807) is 11.6 Å². The highest BCUT2D eigenvalue weighted by Gasteiger charge is 2.43. The topological polar surface area (TPSA) is 147 Å². The number of carbonyl (C=O) groups excluding carboxylic acids is 1. The molecule has 1 aliphatic heterocycles. The second-order valence-corrected chi connectivity index (χ2v) is 6.30. The molecule has 0 amide bonds. The Labute approximate surface area is 154 Å². The van der Waals surface area contributed by atoms with Crippen LogP contribution >= 0.6 is 0 Å². The number of esters is 1. The van der Waals surface area contributed by atoms with Crippen molar-refractivity contribution in [1.82, 2.24) is 15.0 Å². The molecule has 1 aromatic heterocycles. The molecule has 2 heterocycles. The third kappa shape index (κ3) is 4.15. The SMILES string of the molecule is Cc1c(C(=O)OC[C@@H]2OC(O)[C@@H](O)[C@H](O)[C@@H]2O)nnn1Cc1ccccc1. The van der Waals surface area contributed by atoms with Crippen LogP contribution in [-0.4, -0.2) is 78.7 Å². The highest BCUT2D eigenvalue weighted by molar-refractivity contribution is 5.88. The van der Waals surface area contributed by atoms with Gasteiger partial charge in [0.15, 0.2) is 12.0 Å². The van der Waals surface area contributed by atoms with E-state index in [9.17, 15) is 25.2 Å². The number of aromatic nitrogens is 3. The molecule has 4 N–H and O–H groups in total. The van der Waals surface area contributed by atoms with Crippen LogP contribution in [0.3, 0.4) is 0 Å². The van der Waals surface area contributed by atoms with Gasteiger partial charge in [0.05, 0.1) is 12.2 Å². The first-order valence-corrected chi connectivity index (χ1v) is 8.37. The lowest BCUT2D eigenvalue weighted by molar-refractivity contribution is -0.286. The molecule has 146 valence electrons. The number of ether oxygens (including phenoxy) is 2. The molecule has 0 saturated carbocycles. The van der Waals surface area contributed by atoms with E-state index in [2.05, 4.69) is 10.3 Å². The Hall–Kier alpha value is -2.37. The molecule has 10 nitrogen and oxygen atoms in total. The first kappa shape index (κ1) is 19.4. The number of rotatable bonds is 5. The van der Waals surface area contributed by atoms with Crippen LogP contribution < -0.4 is 0 Å². The van der Waals surface area contributed by atoms with Crippen LogP contribution in [0, 0.1) is 6.92 Å². The summed E-state index contributed by atoms with van der Waals surface area (Å²) in [5.74, 6) is -0.780. The lowest BCUT2D eigenvalue weighted by Gasteiger charge is -2.37. The summed E-state index contributed by atoms with van der Waals surface area (Å²) in [5, 5.41) is 46.2. The first-order chi connectivity index (χ1) is 12.9. The van der Waals surface area contributed by atoms with Crippen LogP contribution in [0.1, 0.15) is 21.7 Å². The number of benzene rings is 1. The van der Waals surface area contributed by atoms with E-state index in [0.717, 1.165) is 5.56 Å². The maximum absolute atomic E-state index is 12.3. The Morgan fingerprint density at radius 1 is 1.15 bits per heavy atom. The fourth-order valence-electron chi connectivity index (χ4n) is 2.75. The van der Waals surface area contributed by atoms with Gasteiger partial charge < -0.3 is 29.9 Å². The molecular weight excluding hydrogens is 358 g/mol. The molecule has 2 aromatic rings. The number of hydrogen-bond donors (Lipinski definition) is 4. The number of hydrogen-bond acceptors (Lipinski definition) is 9. The van der Waals surface area contributed by atoms with Gasteiger partial charge in [0.2, 0.25) is 0 Å². The van der Waals surface area contributed by atoms with E-state index in [-0.39, 0.29) is 5.69 Å². The Balaban J connectivity index is 1.62. The molecule has 0 bridgehead atoms. The molecule has 1 saturated heterocycles. The van der Waals surface area contributed by atoms with Crippen molar-refractivity contribution in [2.45, 2.75) is 44.2 Å². The summed E-state index contributed by atoms with van der Waals surface area (Å²) in [6.45, 7) is 1.68. The molecule has 0 spiro atoms. The second-order valence-electron chi connectivity index (χ2n) is 6.30. The van der Waals surface area contributed by atoms with Gasteiger partial charge in [-0.1, -0.05) is 35.5 Å². The van der Waals surface area contributed by atoms with E-state index >= 15 is 0 Å². The molecule has 1 unspecified atom stereocenters. The van der Waals surface area contributed by atoms with Crippen LogP contribution in [-0.2, 0) is 16.0 Å². The fourth-order valence-corrected chi connectivity index (χ4v) is 2.75. The normalized spacial score (nSPS) is 28.1. The third-order valence-corrected chi connectivity index (χ3v) is 4.42. The van der Waals surface area contributed by atoms with Crippen LogP contribution in [0.2, 0.25) is 0 Å². The van der Waals surface area contributed by atoms with Gasteiger partial charge in [-0.3, -0.25) is 0 Å². The summed E-state index contributed by atoms with van der Waals surface area (Å²) in [6.07, 6.45) is -7.67. The molecule has 27 heavy (non-hydrogen) atoms. The van der Waals surface area contributed by atoms with Crippen molar-refractivity contribution in [2.75, 3.05) is 6.61 Å². The average molecular weight is 379 g/mol. The maximum atomic E-state index is 12.3. The molecule has 1 fully saturated rings. The summed E-state index contributed by atoms with van der Waals surface area (Å²) in [5.41, 5.74) is 1.51. The van der Waals surface area contributed by atoms with E-state index in [1.165, 1.54) is 0 Å². The average Bonchev–Trinajstić information content (AvgIpc) is 3.03. The predicted molar refractivity (Wildman–Crippen MR) is 89.5 cm³/mol. The van der Waals surface area contributed by atoms with Crippen molar-refractivity contribution in [2.24, 2.45) is 0 Å². The summed E-state index contributed by atoms with van der Waals surface area (Å²) in [4.78, 5) is 12.3. The first-order valence-electron chi connectivity index (χ1n) is 8.37. The molecule has 0 aliphatic carbocycles. The van der Waals surface area contributed by atoms with E-state index in [0.29, 0.717) is 12.2 Å². The number of aliphatic hydroxyl groups is 4. The van der Waals surface area contributed by atoms with Crippen molar-refractivity contribution in [3.8, 4) is 0 Å². The number of aliphatic hydroxyl groups excluding tert-OH is 4. The minimum absolute atomic E-state index is 0.0114. The minimum Gasteiger partial charge on any atom is -0.458 e. The van der Waals surface area contributed by atoms with Gasteiger partial charge in [0.1, 0.15) is 31.0 Å². The monoisotopic (exact) mass is 379 g/mol. The van der Waals surface area contributed by atoms with Gasteiger partial charge in [0.25, 0.3) is 0 Å².